The van der Waals surface area contributed by atoms with Crippen LogP contribution in [0.2, 0.25) is 0 Å². The van der Waals surface area contributed by atoms with Crippen LogP contribution in [0.25, 0.3) is 0 Å². The lowest BCUT2D eigenvalue weighted by molar-refractivity contribution is 0.280. The number of hydrogen-bond donors (Lipinski definition) is 1. The number of benzene rings is 1. The molecule has 2 aromatic rings. The number of ether oxygens (including phenoxy) is 2. The fraction of sp³-hybridized carbons (Fsp3) is 0.368. The molecule has 0 saturated carbocycles. The van der Waals surface area contributed by atoms with Crippen LogP contribution in [0.1, 0.15) is 6.92 Å². The number of halogens is 1. The van der Waals surface area contributed by atoms with Crippen LogP contribution in [-0.2, 0) is 0 Å². The van der Waals surface area contributed by atoms with Gasteiger partial charge in [0.05, 0.1) is 19.3 Å². The molecule has 0 atom stereocenters. The van der Waals surface area contributed by atoms with Crippen LogP contribution in [0.3, 0.4) is 0 Å². The van der Waals surface area contributed by atoms with Gasteiger partial charge in [0.1, 0.15) is 24.7 Å². The second-order valence-electron chi connectivity index (χ2n) is 5.36. The Labute approximate surface area is 172 Å². The van der Waals surface area contributed by atoms with Gasteiger partial charge in [-0.25, -0.2) is 4.99 Å². The van der Waals surface area contributed by atoms with Gasteiger partial charge in [0.25, 0.3) is 0 Å². The van der Waals surface area contributed by atoms with Crippen LogP contribution in [-0.4, -0.2) is 55.7 Å². The third-order valence-electron chi connectivity index (χ3n) is 3.39. The molecule has 0 saturated heterocycles. The highest BCUT2D eigenvalue weighted by Crippen LogP contribution is 2.08. The Morgan fingerprint density at radius 3 is 2.50 bits per heavy atom. The van der Waals surface area contributed by atoms with E-state index in [9.17, 15) is 0 Å². The van der Waals surface area contributed by atoms with Gasteiger partial charge in [0.15, 0.2) is 5.96 Å². The molecule has 1 aromatic heterocycles. The number of guanidine groups is 1. The monoisotopic (exact) mass is 470 g/mol. The third kappa shape index (κ3) is 8.37. The summed E-state index contributed by atoms with van der Waals surface area (Å²) in [4.78, 5) is 10.7. The minimum Gasteiger partial charge on any atom is -0.492 e. The molecule has 0 unspecified atom stereocenters. The van der Waals surface area contributed by atoms with Gasteiger partial charge in [-0.3, -0.25) is 4.98 Å². The van der Waals surface area contributed by atoms with Crippen molar-refractivity contribution in [3.8, 4) is 11.5 Å². The fourth-order valence-electron chi connectivity index (χ4n) is 2.14. The number of aromatic nitrogens is 1. The highest BCUT2D eigenvalue weighted by atomic mass is 127. The lowest BCUT2D eigenvalue weighted by atomic mass is 10.3. The van der Waals surface area contributed by atoms with E-state index in [1.54, 1.807) is 12.4 Å². The summed E-state index contributed by atoms with van der Waals surface area (Å²) in [6.07, 6.45) is 3.42. The first kappa shape index (κ1) is 22.0. The zero-order chi connectivity index (χ0) is 17.7. The summed E-state index contributed by atoms with van der Waals surface area (Å²) in [5.74, 6) is 2.48. The molecule has 0 aliphatic heterocycles. The predicted molar refractivity (Wildman–Crippen MR) is 116 cm³/mol. The van der Waals surface area contributed by atoms with E-state index < -0.39 is 0 Å². The van der Waals surface area contributed by atoms with E-state index in [1.807, 2.05) is 49.5 Å². The van der Waals surface area contributed by atoms with Crippen molar-refractivity contribution in [2.45, 2.75) is 6.92 Å². The molecule has 26 heavy (non-hydrogen) atoms. The van der Waals surface area contributed by atoms with E-state index in [2.05, 4.69) is 27.1 Å². The molecule has 1 heterocycles. The van der Waals surface area contributed by atoms with Crippen molar-refractivity contribution in [3.63, 3.8) is 0 Å². The predicted octanol–water partition coefficient (Wildman–Crippen LogP) is 3.05. The molecule has 142 valence electrons. The summed E-state index contributed by atoms with van der Waals surface area (Å²) >= 11 is 0. The van der Waals surface area contributed by atoms with Crippen molar-refractivity contribution >= 4 is 29.9 Å². The average molecular weight is 470 g/mol. The summed E-state index contributed by atoms with van der Waals surface area (Å²) in [6, 6.07) is 13.5. The minimum absolute atomic E-state index is 0. The summed E-state index contributed by atoms with van der Waals surface area (Å²) in [7, 11) is 2.00. The number of pyridine rings is 1. The van der Waals surface area contributed by atoms with E-state index in [0.717, 1.165) is 30.5 Å². The van der Waals surface area contributed by atoms with E-state index in [-0.39, 0.29) is 24.0 Å². The van der Waals surface area contributed by atoms with Gasteiger partial charge < -0.3 is 19.7 Å². The molecule has 0 aliphatic rings. The summed E-state index contributed by atoms with van der Waals surface area (Å²) in [6.45, 7) is 5.28. The van der Waals surface area contributed by atoms with Crippen LogP contribution < -0.4 is 14.8 Å². The first-order valence-electron chi connectivity index (χ1n) is 8.49. The van der Waals surface area contributed by atoms with Crippen LogP contribution in [0, 0.1) is 0 Å². The lowest BCUT2D eigenvalue weighted by Crippen LogP contribution is -2.41. The van der Waals surface area contributed by atoms with Crippen molar-refractivity contribution in [3.05, 3.63) is 54.9 Å². The van der Waals surface area contributed by atoms with Crippen molar-refractivity contribution in [1.29, 1.82) is 0 Å². The normalized spacial score (nSPS) is 10.6. The molecule has 7 heteroatoms. The van der Waals surface area contributed by atoms with Gasteiger partial charge in [-0.15, -0.1) is 24.0 Å². The first-order chi connectivity index (χ1) is 12.3. The van der Waals surface area contributed by atoms with Gasteiger partial charge in [0.2, 0.25) is 0 Å². The number of hydrogen-bond acceptors (Lipinski definition) is 4. The fourth-order valence-corrected chi connectivity index (χ4v) is 2.14. The van der Waals surface area contributed by atoms with Crippen molar-refractivity contribution < 1.29 is 9.47 Å². The van der Waals surface area contributed by atoms with Gasteiger partial charge in [-0.2, -0.15) is 0 Å². The van der Waals surface area contributed by atoms with E-state index in [1.165, 1.54) is 0 Å². The van der Waals surface area contributed by atoms with Crippen LogP contribution in [0.15, 0.2) is 59.9 Å². The molecular formula is C19H27IN4O2. The van der Waals surface area contributed by atoms with Crippen molar-refractivity contribution in [1.82, 2.24) is 15.2 Å². The van der Waals surface area contributed by atoms with Crippen LogP contribution >= 0.6 is 24.0 Å². The smallest absolute Gasteiger partial charge is 0.193 e. The zero-order valence-corrected chi connectivity index (χ0v) is 17.6. The number of nitrogens with one attached hydrogen (secondary N) is 1. The van der Waals surface area contributed by atoms with Crippen molar-refractivity contribution in [2.75, 3.05) is 39.9 Å². The Kier molecular flexibility index (Phi) is 11.2. The van der Waals surface area contributed by atoms with Crippen LogP contribution in [0.4, 0.5) is 0 Å². The molecule has 0 aliphatic carbocycles. The molecule has 0 radical (unpaired) electrons. The Balaban J connectivity index is 0.00000338. The first-order valence-corrected chi connectivity index (χ1v) is 8.49. The highest BCUT2D eigenvalue weighted by Gasteiger charge is 2.05. The third-order valence-corrected chi connectivity index (χ3v) is 3.39. The Bertz CT molecular complexity index is 626. The van der Waals surface area contributed by atoms with Crippen LogP contribution in [0.5, 0.6) is 11.5 Å². The maximum absolute atomic E-state index is 5.73. The standard InChI is InChI=1S/C19H26N4O2.HI/c1-3-21-19(22-12-14-24-18-10-7-11-20-16-18)23(2)13-15-25-17-8-5-4-6-9-17;/h4-11,16H,3,12-15H2,1-2H3,(H,21,22);1H. The number of nitrogens with zero attached hydrogens (tertiary/aromatic N) is 3. The van der Waals surface area contributed by atoms with Gasteiger partial charge in [-0.1, -0.05) is 18.2 Å². The van der Waals surface area contributed by atoms with E-state index in [4.69, 9.17) is 9.47 Å². The maximum Gasteiger partial charge on any atom is 0.193 e. The number of likely N-dealkylation sites (N-methyl/N-ethyl adjacent to an activating group) is 1. The number of para-hydroxylation sites is 1. The Hall–Kier alpha value is -2.03. The quantitative estimate of drug-likeness (QED) is 0.264. The topological polar surface area (TPSA) is 59.0 Å². The summed E-state index contributed by atoms with van der Waals surface area (Å²) in [5, 5.41) is 3.28. The summed E-state index contributed by atoms with van der Waals surface area (Å²) in [5.41, 5.74) is 0. The Morgan fingerprint density at radius 2 is 1.81 bits per heavy atom. The number of aliphatic imine (C=N–C) groups is 1. The molecule has 0 amide bonds. The van der Waals surface area contributed by atoms with Gasteiger partial charge >= 0.3 is 0 Å². The molecule has 1 aromatic carbocycles. The molecule has 2 rings (SSSR count). The summed E-state index contributed by atoms with van der Waals surface area (Å²) < 4.78 is 11.3. The molecule has 0 bridgehead atoms. The molecule has 0 fully saturated rings. The SMILES string of the molecule is CCNC(=NCCOc1cccnc1)N(C)CCOc1ccccc1.I. The van der Waals surface area contributed by atoms with Crippen molar-refractivity contribution in [2.24, 2.45) is 4.99 Å². The second-order valence-corrected chi connectivity index (χ2v) is 5.36. The average Bonchev–Trinajstić information content (AvgIpc) is 2.66. The largest absolute Gasteiger partial charge is 0.492 e. The Morgan fingerprint density at radius 1 is 1.08 bits per heavy atom. The van der Waals surface area contributed by atoms with E-state index in [0.29, 0.717) is 19.8 Å². The molecule has 0 spiro atoms. The second kappa shape index (κ2) is 13.2. The molecule has 6 nitrogen and oxygen atoms in total. The minimum atomic E-state index is 0. The van der Waals surface area contributed by atoms with Gasteiger partial charge in [-0.05, 0) is 31.2 Å². The molecule has 1 N–H and O–H groups in total. The highest BCUT2D eigenvalue weighted by molar-refractivity contribution is 14.0. The van der Waals surface area contributed by atoms with E-state index >= 15 is 0 Å². The molecular weight excluding hydrogens is 443 g/mol. The maximum atomic E-state index is 5.73. The van der Waals surface area contributed by atoms with Gasteiger partial charge in [0, 0.05) is 19.8 Å². The number of rotatable bonds is 9. The lowest BCUT2D eigenvalue weighted by Gasteiger charge is -2.22. The zero-order valence-electron chi connectivity index (χ0n) is 15.3.